The van der Waals surface area contributed by atoms with Gasteiger partial charge in [-0.3, -0.25) is 9.59 Å². The molecule has 3 aromatic carbocycles. The summed E-state index contributed by atoms with van der Waals surface area (Å²) >= 11 is 6.09. The van der Waals surface area contributed by atoms with E-state index in [1.807, 2.05) is 42.5 Å². The third kappa shape index (κ3) is 3.41. The monoisotopic (exact) mass is 394 g/mol. The highest BCUT2D eigenvalue weighted by Gasteiger charge is 2.37. The van der Waals surface area contributed by atoms with Crippen molar-refractivity contribution < 1.29 is 14.3 Å². The van der Waals surface area contributed by atoms with E-state index in [1.54, 1.807) is 23.1 Å². The number of rotatable bonds is 5. The SMILES string of the molecule is CC(=O)N[C@@H]1C(=O)N(CCOc2cccc3ccccc23)c2ccc(Cl)cc21. The Hall–Kier alpha value is -3.05. The van der Waals surface area contributed by atoms with Crippen molar-refractivity contribution in [1.82, 2.24) is 5.32 Å². The lowest BCUT2D eigenvalue weighted by Gasteiger charge is -2.19. The highest BCUT2D eigenvalue weighted by Crippen LogP contribution is 2.37. The summed E-state index contributed by atoms with van der Waals surface area (Å²) in [5.41, 5.74) is 1.45. The molecule has 0 aromatic heterocycles. The molecule has 0 saturated heterocycles. The summed E-state index contributed by atoms with van der Waals surface area (Å²) in [5.74, 6) is 0.326. The number of fused-ring (bicyclic) bond motifs is 2. The van der Waals surface area contributed by atoms with Crippen LogP contribution in [0.25, 0.3) is 10.8 Å². The molecule has 0 unspecified atom stereocenters. The van der Waals surface area contributed by atoms with E-state index in [0.717, 1.165) is 22.2 Å². The van der Waals surface area contributed by atoms with Crippen LogP contribution in [0.3, 0.4) is 0 Å². The van der Waals surface area contributed by atoms with Gasteiger partial charge in [0.25, 0.3) is 5.91 Å². The lowest BCUT2D eigenvalue weighted by atomic mass is 10.1. The molecule has 0 bridgehead atoms. The first-order chi connectivity index (χ1) is 13.5. The van der Waals surface area contributed by atoms with Gasteiger partial charge in [0.15, 0.2) is 0 Å². The molecule has 5 nitrogen and oxygen atoms in total. The molecule has 0 aliphatic carbocycles. The van der Waals surface area contributed by atoms with E-state index in [4.69, 9.17) is 16.3 Å². The second-order valence-electron chi connectivity index (χ2n) is 6.65. The molecular formula is C22H19ClN2O3. The fourth-order valence-electron chi connectivity index (χ4n) is 3.55. The number of hydrogen-bond acceptors (Lipinski definition) is 3. The normalized spacial score (nSPS) is 15.6. The van der Waals surface area contributed by atoms with Gasteiger partial charge in [-0.05, 0) is 29.7 Å². The Morgan fingerprint density at radius 1 is 1.14 bits per heavy atom. The molecule has 1 heterocycles. The minimum Gasteiger partial charge on any atom is -0.491 e. The van der Waals surface area contributed by atoms with Gasteiger partial charge in [-0.1, -0.05) is 48.0 Å². The maximum absolute atomic E-state index is 12.9. The van der Waals surface area contributed by atoms with Crippen LogP contribution in [0.4, 0.5) is 5.69 Å². The maximum atomic E-state index is 12.9. The van der Waals surface area contributed by atoms with Crippen LogP contribution in [0.1, 0.15) is 18.5 Å². The van der Waals surface area contributed by atoms with E-state index in [1.165, 1.54) is 6.92 Å². The molecule has 1 N–H and O–H groups in total. The number of halogens is 1. The number of nitrogens with zero attached hydrogens (tertiary/aromatic N) is 1. The summed E-state index contributed by atoms with van der Waals surface area (Å²) in [6.07, 6.45) is 0. The lowest BCUT2D eigenvalue weighted by Crippen LogP contribution is -2.38. The van der Waals surface area contributed by atoms with E-state index >= 15 is 0 Å². The molecule has 0 saturated carbocycles. The molecule has 1 aliphatic rings. The van der Waals surface area contributed by atoms with Crippen LogP contribution >= 0.6 is 11.6 Å². The van der Waals surface area contributed by atoms with Gasteiger partial charge in [0.05, 0.1) is 6.54 Å². The zero-order valence-electron chi connectivity index (χ0n) is 15.3. The summed E-state index contributed by atoms with van der Waals surface area (Å²) < 4.78 is 5.98. The van der Waals surface area contributed by atoms with Gasteiger partial charge in [-0.15, -0.1) is 0 Å². The predicted molar refractivity (Wildman–Crippen MR) is 110 cm³/mol. The first kappa shape index (κ1) is 18.3. The third-order valence-electron chi connectivity index (χ3n) is 4.77. The molecular weight excluding hydrogens is 376 g/mol. The quantitative estimate of drug-likeness (QED) is 0.708. The molecule has 0 fully saturated rings. The molecule has 4 rings (SSSR count). The third-order valence-corrected chi connectivity index (χ3v) is 5.01. The Morgan fingerprint density at radius 2 is 1.93 bits per heavy atom. The van der Waals surface area contributed by atoms with E-state index < -0.39 is 6.04 Å². The summed E-state index contributed by atoms with van der Waals surface area (Å²) in [5, 5.41) is 5.36. The number of nitrogens with one attached hydrogen (secondary N) is 1. The smallest absolute Gasteiger partial charge is 0.254 e. The van der Waals surface area contributed by atoms with Crippen molar-refractivity contribution in [2.45, 2.75) is 13.0 Å². The van der Waals surface area contributed by atoms with E-state index in [2.05, 4.69) is 5.32 Å². The Bertz CT molecular complexity index is 1060. The van der Waals surface area contributed by atoms with Crippen molar-refractivity contribution in [3.05, 3.63) is 71.2 Å². The number of anilines is 1. The molecule has 2 amide bonds. The van der Waals surface area contributed by atoms with Crippen molar-refractivity contribution in [2.24, 2.45) is 0 Å². The van der Waals surface area contributed by atoms with Gasteiger partial charge in [0.1, 0.15) is 18.4 Å². The lowest BCUT2D eigenvalue weighted by molar-refractivity contribution is -0.126. The van der Waals surface area contributed by atoms with Crippen molar-refractivity contribution in [2.75, 3.05) is 18.1 Å². The summed E-state index contributed by atoms with van der Waals surface area (Å²) in [6, 6.07) is 18.4. The fourth-order valence-corrected chi connectivity index (χ4v) is 3.73. The molecule has 0 radical (unpaired) electrons. The topological polar surface area (TPSA) is 58.6 Å². The first-order valence-corrected chi connectivity index (χ1v) is 9.41. The molecule has 1 atom stereocenters. The van der Waals surface area contributed by atoms with Gasteiger partial charge in [0.2, 0.25) is 5.91 Å². The number of carbonyl (C=O) groups excluding carboxylic acids is 2. The summed E-state index contributed by atoms with van der Waals surface area (Å²) in [4.78, 5) is 26.0. The van der Waals surface area contributed by atoms with Crippen molar-refractivity contribution in [1.29, 1.82) is 0 Å². The number of ether oxygens (including phenoxy) is 1. The Balaban J connectivity index is 1.53. The van der Waals surface area contributed by atoms with Gasteiger partial charge in [-0.2, -0.15) is 0 Å². The second kappa shape index (κ2) is 7.52. The molecule has 1 aliphatic heterocycles. The Labute approximate surface area is 167 Å². The number of amides is 2. The second-order valence-corrected chi connectivity index (χ2v) is 7.09. The van der Waals surface area contributed by atoms with Gasteiger partial charge >= 0.3 is 0 Å². The van der Waals surface area contributed by atoms with Crippen LogP contribution < -0.4 is 15.0 Å². The van der Waals surface area contributed by atoms with Crippen LogP contribution in [0, 0.1) is 0 Å². The largest absolute Gasteiger partial charge is 0.491 e. The van der Waals surface area contributed by atoms with Crippen LogP contribution in [0.15, 0.2) is 60.7 Å². The van der Waals surface area contributed by atoms with E-state index in [0.29, 0.717) is 23.7 Å². The number of carbonyl (C=O) groups is 2. The van der Waals surface area contributed by atoms with Crippen molar-refractivity contribution in [3.8, 4) is 5.75 Å². The number of hydrogen-bond donors (Lipinski definition) is 1. The Morgan fingerprint density at radius 3 is 2.75 bits per heavy atom. The zero-order chi connectivity index (χ0) is 19.7. The van der Waals surface area contributed by atoms with Crippen LogP contribution in [-0.2, 0) is 9.59 Å². The molecule has 3 aromatic rings. The van der Waals surface area contributed by atoms with Crippen molar-refractivity contribution in [3.63, 3.8) is 0 Å². The highest BCUT2D eigenvalue weighted by molar-refractivity contribution is 6.31. The van der Waals surface area contributed by atoms with Gasteiger partial charge < -0.3 is 15.0 Å². The first-order valence-electron chi connectivity index (χ1n) is 9.03. The average molecular weight is 395 g/mol. The predicted octanol–water partition coefficient (Wildman–Crippen LogP) is 4.10. The summed E-state index contributed by atoms with van der Waals surface area (Å²) in [6.45, 7) is 2.09. The fraction of sp³-hybridized carbons (Fsp3) is 0.182. The van der Waals surface area contributed by atoms with Gasteiger partial charge in [0, 0.05) is 28.6 Å². The van der Waals surface area contributed by atoms with Gasteiger partial charge in [-0.25, -0.2) is 0 Å². The van der Waals surface area contributed by atoms with E-state index in [-0.39, 0.29) is 11.8 Å². The molecule has 6 heteroatoms. The minimum atomic E-state index is -0.719. The maximum Gasteiger partial charge on any atom is 0.254 e. The summed E-state index contributed by atoms with van der Waals surface area (Å²) in [7, 11) is 0. The zero-order valence-corrected chi connectivity index (χ0v) is 16.1. The molecule has 142 valence electrons. The Kier molecular flexibility index (Phi) is 4.92. The number of benzene rings is 3. The van der Waals surface area contributed by atoms with Crippen molar-refractivity contribution >= 4 is 39.9 Å². The molecule has 0 spiro atoms. The van der Waals surface area contributed by atoms with Crippen LogP contribution in [-0.4, -0.2) is 25.0 Å². The van der Waals surface area contributed by atoms with Crippen LogP contribution in [0.2, 0.25) is 5.02 Å². The standard InChI is InChI=1S/C22H19ClN2O3/c1-14(26)24-21-18-13-16(23)9-10-19(18)25(22(21)27)11-12-28-20-8-4-6-15-5-2-3-7-17(15)20/h2-10,13,21H,11-12H2,1H3,(H,24,26)/t21-/m0/s1. The minimum absolute atomic E-state index is 0.186. The van der Waals surface area contributed by atoms with E-state index in [9.17, 15) is 9.59 Å². The van der Waals surface area contributed by atoms with Crippen LogP contribution in [0.5, 0.6) is 5.75 Å². The highest BCUT2D eigenvalue weighted by atomic mass is 35.5. The molecule has 28 heavy (non-hydrogen) atoms. The average Bonchev–Trinajstić information content (AvgIpc) is 2.93.